The van der Waals surface area contributed by atoms with Crippen LogP contribution in [0, 0.1) is 0 Å². The van der Waals surface area contributed by atoms with E-state index in [1.165, 1.54) is 14.0 Å². The van der Waals surface area contributed by atoms with Crippen LogP contribution in [-0.4, -0.2) is 41.6 Å². The monoisotopic (exact) mass is 253 g/mol. The number of halogens is 1. The molecule has 2 N–H and O–H groups in total. The van der Waals surface area contributed by atoms with Gasteiger partial charge in [0.05, 0.1) is 13.2 Å². The van der Waals surface area contributed by atoms with E-state index in [0.717, 1.165) is 0 Å². The number of nitrogens with one attached hydrogen (secondary N) is 1. The van der Waals surface area contributed by atoms with E-state index in [0.29, 0.717) is 0 Å². The van der Waals surface area contributed by atoms with Gasteiger partial charge in [0.2, 0.25) is 5.91 Å². The lowest BCUT2D eigenvalue weighted by molar-refractivity contribution is -0.141. The maximum absolute atomic E-state index is 11.1. The molecule has 0 saturated carbocycles. The van der Waals surface area contributed by atoms with Gasteiger partial charge in [0.15, 0.2) is 0 Å². The first-order valence-corrected chi connectivity index (χ1v) is 4.57. The maximum Gasteiger partial charge on any atom is 0.325 e. The van der Waals surface area contributed by atoms with E-state index < -0.39 is 22.8 Å². The van der Waals surface area contributed by atoms with Gasteiger partial charge in [0.25, 0.3) is 0 Å². The summed E-state index contributed by atoms with van der Waals surface area (Å²) in [7, 11) is 1.23. The second-order valence-electron chi connectivity index (χ2n) is 2.44. The summed E-state index contributed by atoms with van der Waals surface area (Å²) in [6, 6.07) is 0. The summed E-state index contributed by atoms with van der Waals surface area (Å²) in [4.78, 5) is 21.0. The van der Waals surface area contributed by atoms with Crippen molar-refractivity contribution < 1.29 is 19.4 Å². The highest BCUT2D eigenvalue weighted by molar-refractivity contribution is 9.10. The van der Waals surface area contributed by atoms with Crippen LogP contribution in [0.4, 0.5) is 0 Å². The Bertz CT molecular complexity index is 195. The molecule has 0 aromatic rings. The minimum absolute atomic E-state index is 0.190. The molecule has 0 aliphatic heterocycles. The number of esters is 1. The van der Waals surface area contributed by atoms with Gasteiger partial charge in [0.1, 0.15) is 11.4 Å². The van der Waals surface area contributed by atoms with Crippen molar-refractivity contribution in [3.05, 3.63) is 0 Å². The summed E-state index contributed by atoms with van der Waals surface area (Å²) >= 11 is 2.97. The van der Waals surface area contributed by atoms with E-state index in [9.17, 15) is 9.59 Å². The third-order valence-electron chi connectivity index (χ3n) is 1.31. The summed E-state index contributed by atoms with van der Waals surface area (Å²) in [6.07, 6.45) is -0.808. The average molecular weight is 254 g/mol. The third-order valence-corrected chi connectivity index (χ3v) is 2.49. The molecule has 0 bridgehead atoms. The number of hydrogen-bond acceptors (Lipinski definition) is 4. The van der Waals surface area contributed by atoms with Crippen molar-refractivity contribution in [1.82, 2.24) is 5.32 Å². The molecule has 2 atom stereocenters. The van der Waals surface area contributed by atoms with Crippen molar-refractivity contribution >= 4 is 27.8 Å². The fourth-order valence-corrected chi connectivity index (χ4v) is 0.710. The Kier molecular flexibility index (Phi) is 5.65. The number of aliphatic hydroxyl groups excluding tert-OH is 1. The highest BCUT2D eigenvalue weighted by Crippen LogP contribution is 2.04. The van der Waals surface area contributed by atoms with Crippen LogP contribution in [0.25, 0.3) is 0 Å². The molecular formula is C7H12BrNO4. The predicted molar refractivity (Wildman–Crippen MR) is 49.4 cm³/mol. The molecule has 5 nitrogen and oxygen atoms in total. The zero-order valence-corrected chi connectivity index (χ0v) is 9.00. The molecule has 0 spiro atoms. The second kappa shape index (κ2) is 5.93. The summed E-state index contributed by atoms with van der Waals surface area (Å²) in [5, 5.41) is 11.3. The van der Waals surface area contributed by atoms with Crippen LogP contribution in [0.3, 0.4) is 0 Å². The first-order valence-electron chi connectivity index (χ1n) is 3.65. The second-order valence-corrected chi connectivity index (χ2v) is 3.42. The Morgan fingerprint density at radius 3 is 2.54 bits per heavy atom. The number of ether oxygens (including phenoxy) is 1. The molecule has 0 unspecified atom stereocenters. The lowest BCUT2D eigenvalue weighted by atomic mass is 10.3. The van der Waals surface area contributed by atoms with Crippen molar-refractivity contribution in [2.24, 2.45) is 0 Å². The largest absolute Gasteiger partial charge is 0.468 e. The highest BCUT2D eigenvalue weighted by atomic mass is 79.9. The van der Waals surface area contributed by atoms with Gasteiger partial charge in [-0.15, -0.1) is 0 Å². The van der Waals surface area contributed by atoms with Crippen LogP contribution in [0.5, 0.6) is 0 Å². The molecule has 6 heteroatoms. The Balaban J connectivity index is 3.81. The number of rotatable bonds is 4. The molecule has 0 aliphatic carbocycles. The van der Waals surface area contributed by atoms with E-state index in [-0.39, 0.29) is 6.54 Å². The van der Waals surface area contributed by atoms with Crippen molar-refractivity contribution in [3.63, 3.8) is 0 Å². The predicted octanol–water partition coefficient (Wildman–Crippen LogP) is -0.580. The molecular weight excluding hydrogens is 242 g/mol. The first kappa shape index (κ1) is 12.4. The first-order chi connectivity index (χ1) is 5.99. The molecule has 0 saturated heterocycles. The van der Waals surface area contributed by atoms with Crippen molar-refractivity contribution in [2.75, 3.05) is 13.7 Å². The Hall–Kier alpha value is -0.620. The van der Waals surface area contributed by atoms with E-state index in [1.807, 2.05) is 0 Å². The third kappa shape index (κ3) is 4.84. The SMILES string of the molecule is COC(=O)CNC(=O)[C@@H](Br)[C@@H](C)O. The molecule has 1 amide bonds. The van der Waals surface area contributed by atoms with Crippen LogP contribution < -0.4 is 5.32 Å². The Labute approximate surface area is 84.6 Å². The van der Waals surface area contributed by atoms with Crippen LogP contribution in [0.15, 0.2) is 0 Å². The number of methoxy groups -OCH3 is 1. The Morgan fingerprint density at radius 1 is 1.62 bits per heavy atom. The van der Waals surface area contributed by atoms with Gasteiger partial charge in [-0.2, -0.15) is 0 Å². The maximum atomic E-state index is 11.1. The van der Waals surface area contributed by atoms with Gasteiger partial charge in [0, 0.05) is 0 Å². The van der Waals surface area contributed by atoms with Crippen LogP contribution in [-0.2, 0) is 14.3 Å². The number of hydrogen-bond donors (Lipinski definition) is 2. The van der Waals surface area contributed by atoms with Gasteiger partial charge in [-0.3, -0.25) is 9.59 Å². The standard InChI is InChI=1S/C7H12BrNO4/c1-4(10)6(8)7(12)9-3-5(11)13-2/h4,6,10H,3H2,1-2H3,(H,9,12)/t4-,6+/m1/s1. The number of alkyl halides is 1. The van der Waals surface area contributed by atoms with Gasteiger partial charge >= 0.3 is 5.97 Å². The Morgan fingerprint density at radius 2 is 2.15 bits per heavy atom. The van der Waals surface area contributed by atoms with Gasteiger partial charge < -0.3 is 15.2 Å². The molecule has 0 radical (unpaired) electrons. The topological polar surface area (TPSA) is 75.6 Å². The lowest BCUT2D eigenvalue weighted by Gasteiger charge is -2.11. The van der Waals surface area contributed by atoms with Crippen LogP contribution in [0.1, 0.15) is 6.92 Å². The summed E-state index contributed by atoms with van der Waals surface area (Å²) in [5.74, 6) is -0.973. The van der Waals surface area contributed by atoms with E-state index >= 15 is 0 Å². The summed E-state index contributed by atoms with van der Waals surface area (Å²) in [5.41, 5.74) is 0. The van der Waals surface area contributed by atoms with E-state index in [1.54, 1.807) is 0 Å². The molecule has 0 aromatic carbocycles. The average Bonchev–Trinajstić information content (AvgIpc) is 2.11. The van der Waals surface area contributed by atoms with E-state index in [2.05, 4.69) is 26.0 Å². The number of amides is 1. The minimum Gasteiger partial charge on any atom is -0.468 e. The normalized spacial score (nSPS) is 14.5. The van der Waals surface area contributed by atoms with E-state index in [4.69, 9.17) is 5.11 Å². The van der Waals surface area contributed by atoms with Crippen LogP contribution >= 0.6 is 15.9 Å². The molecule has 13 heavy (non-hydrogen) atoms. The molecule has 76 valence electrons. The number of carbonyl (C=O) groups excluding carboxylic acids is 2. The fraction of sp³-hybridized carbons (Fsp3) is 0.714. The van der Waals surface area contributed by atoms with Crippen molar-refractivity contribution in [3.8, 4) is 0 Å². The smallest absolute Gasteiger partial charge is 0.325 e. The van der Waals surface area contributed by atoms with Crippen LogP contribution in [0.2, 0.25) is 0 Å². The van der Waals surface area contributed by atoms with Gasteiger partial charge in [-0.1, -0.05) is 15.9 Å². The van der Waals surface area contributed by atoms with Crippen molar-refractivity contribution in [1.29, 1.82) is 0 Å². The highest BCUT2D eigenvalue weighted by Gasteiger charge is 2.20. The fourth-order valence-electron chi connectivity index (χ4n) is 0.548. The molecule has 0 rings (SSSR count). The number of aliphatic hydroxyl groups is 1. The minimum atomic E-state index is -0.808. The molecule has 0 aromatic heterocycles. The zero-order chi connectivity index (χ0) is 10.4. The lowest BCUT2D eigenvalue weighted by Crippen LogP contribution is -2.39. The van der Waals surface area contributed by atoms with Gasteiger partial charge in [-0.05, 0) is 6.92 Å². The molecule has 0 aliphatic rings. The number of carbonyl (C=O) groups is 2. The summed E-state index contributed by atoms with van der Waals surface area (Å²) < 4.78 is 4.31. The summed E-state index contributed by atoms with van der Waals surface area (Å²) in [6.45, 7) is 1.28. The van der Waals surface area contributed by atoms with Gasteiger partial charge in [-0.25, -0.2) is 0 Å². The molecule has 0 fully saturated rings. The quantitative estimate of drug-likeness (QED) is 0.520. The van der Waals surface area contributed by atoms with Crippen molar-refractivity contribution in [2.45, 2.75) is 17.9 Å². The zero-order valence-electron chi connectivity index (χ0n) is 7.41. The molecule has 0 heterocycles.